The molecule has 0 radical (unpaired) electrons. The lowest BCUT2D eigenvalue weighted by Crippen LogP contribution is -2.38. The van der Waals surface area contributed by atoms with E-state index in [9.17, 15) is 4.39 Å². The Kier molecular flexibility index (Phi) is 4.45. The van der Waals surface area contributed by atoms with Crippen LogP contribution in [-0.2, 0) is 13.0 Å². The highest BCUT2D eigenvalue weighted by molar-refractivity contribution is 5.87. The van der Waals surface area contributed by atoms with Crippen LogP contribution in [0.1, 0.15) is 31.1 Å². The van der Waals surface area contributed by atoms with Crippen molar-refractivity contribution in [2.45, 2.75) is 38.9 Å². The molecule has 2 heterocycles. The van der Waals surface area contributed by atoms with Gasteiger partial charge in [-0.3, -0.25) is 4.90 Å². The van der Waals surface area contributed by atoms with Gasteiger partial charge in [0.1, 0.15) is 18.2 Å². The van der Waals surface area contributed by atoms with Crippen LogP contribution in [0.15, 0.2) is 48.5 Å². The molecule has 0 amide bonds. The average Bonchev–Trinajstić information content (AvgIpc) is 2.95. The van der Waals surface area contributed by atoms with Gasteiger partial charge < -0.3 is 9.30 Å². The number of rotatable bonds is 4. The summed E-state index contributed by atoms with van der Waals surface area (Å²) < 4.78 is 22.8. The highest BCUT2D eigenvalue weighted by Gasteiger charge is 2.32. The van der Waals surface area contributed by atoms with Gasteiger partial charge in [0.05, 0.1) is 12.1 Å². The largest absolute Gasteiger partial charge is 0.492 e. The summed E-state index contributed by atoms with van der Waals surface area (Å²) in [6.45, 7) is 5.61. The third kappa shape index (κ3) is 2.78. The number of fused-ring (bicyclic) bond motifs is 3. The number of hydrogen-bond donors (Lipinski definition) is 0. The first-order valence-corrected chi connectivity index (χ1v) is 9.27. The van der Waals surface area contributed by atoms with Crippen LogP contribution in [0.2, 0.25) is 0 Å². The highest BCUT2D eigenvalue weighted by atomic mass is 19.1. The normalized spacial score (nSPS) is 20.3. The Morgan fingerprint density at radius 2 is 1.85 bits per heavy atom. The van der Waals surface area contributed by atoms with Crippen molar-refractivity contribution in [3.8, 4) is 5.75 Å². The van der Waals surface area contributed by atoms with Crippen molar-refractivity contribution >= 4 is 10.9 Å². The molecule has 2 unspecified atom stereocenters. The first-order chi connectivity index (χ1) is 12.6. The molecule has 0 aliphatic carbocycles. The fourth-order valence-corrected chi connectivity index (χ4v) is 4.16. The molecule has 4 rings (SSSR count). The molecule has 2 aromatic carbocycles. The van der Waals surface area contributed by atoms with Gasteiger partial charge >= 0.3 is 0 Å². The van der Waals surface area contributed by atoms with Gasteiger partial charge in [0.15, 0.2) is 0 Å². The number of para-hydroxylation sites is 2. The van der Waals surface area contributed by atoms with Gasteiger partial charge in [0, 0.05) is 29.6 Å². The Labute approximate surface area is 154 Å². The maximum Gasteiger partial charge on any atom is 0.147 e. The number of ether oxygens (including phenoxy) is 1. The average molecular weight is 352 g/mol. The standard InChI is InChI=1S/C22H25FN2O/c1-15-14-20-21(16(2)24(15)3)18-10-7-11-19(23)22(18)25(20)12-13-26-17-8-5-4-6-9-17/h4-11,15-16H,12-14H2,1-3H3. The molecule has 136 valence electrons. The molecule has 0 saturated carbocycles. The van der Waals surface area contributed by atoms with Crippen molar-refractivity contribution in [3.63, 3.8) is 0 Å². The summed E-state index contributed by atoms with van der Waals surface area (Å²) >= 11 is 0. The Hall–Kier alpha value is -2.33. The number of halogens is 1. The predicted octanol–water partition coefficient (Wildman–Crippen LogP) is 4.80. The van der Waals surface area contributed by atoms with Crippen LogP contribution in [0, 0.1) is 5.82 Å². The second-order valence-electron chi connectivity index (χ2n) is 7.20. The van der Waals surface area contributed by atoms with E-state index in [1.165, 1.54) is 11.3 Å². The number of benzene rings is 2. The Bertz CT molecular complexity index is 919. The van der Waals surface area contributed by atoms with Gasteiger partial charge in [0.2, 0.25) is 0 Å². The van der Waals surface area contributed by atoms with E-state index < -0.39 is 0 Å². The van der Waals surface area contributed by atoms with E-state index in [1.54, 1.807) is 6.07 Å². The molecular formula is C22H25FN2O. The Balaban J connectivity index is 1.73. The van der Waals surface area contributed by atoms with E-state index in [0.717, 1.165) is 17.6 Å². The first kappa shape index (κ1) is 17.1. The van der Waals surface area contributed by atoms with Crippen LogP contribution in [0.3, 0.4) is 0 Å². The van der Waals surface area contributed by atoms with Crippen LogP contribution in [0.5, 0.6) is 5.75 Å². The van der Waals surface area contributed by atoms with Crippen molar-refractivity contribution in [2.24, 2.45) is 0 Å². The maximum atomic E-state index is 14.7. The van der Waals surface area contributed by atoms with E-state index in [0.29, 0.717) is 24.7 Å². The Morgan fingerprint density at radius 3 is 2.62 bits per heavy atom. The lowest BCUT2D eigenvalue weighted by atomic mass is 9.93. The minimum Gasteiger partial charge on any atom is -0.492 e. The van der Waals surface area contributed by atoms with Crippen LogP contribution in [0.4, 0.5) is 4.39 Å². The van der Waals surface area contributed by atoms with Crippen molar-refractivity contribution in [3.05, 3.63) is 65.6 Å². The smallest absolute Gasteiger partial charge is 0.147 e. The molecule has 1 aliphatic rings. The van der Waals surface area contributed by atoms with Crippen LogP contribution in [-0.4, -0.2) is 29.2 Å². The van der Waals surface area contributed by atoms with Crippen molar-refractivity contribution in [1.82, 2.24) is 9.47 Å². The third-order valence-electron chi connectivity index (χ3n) is 5.72. The van der Waals surface area contributed by atoms with Gasteiger partial charge in [-0.15, -0.1) is 0 Å². The van der Waals surface area contributed by atoms with Crippen LogP contribution in [0.25, 0.3) is 10.9 Å². The molecule has 0 bridgehead atoms. The summed E-state index contributed by atoms with van der Waals surface area (Å²) in [5, 5.41) is 1.03. The van der Waals surface area contributed by atoms with Gasteiger partial charge in [-0.1, -0.05) is 30.3 Å². The lowest BCUT2D eigenvalue weighted by molar-refractivity contribution is 0.176. The molecule has 1 aromatic heterocycles. The van der Waals surface area contributed by atoms with Crippen LogP contribution >= 0.6 is 0 Å². The van der Waals surface area contributed by atoms with E-state index >= 15 is 0 Å². The van der Waals surface area contributed by atoms with E-state index in [-0.39, 0.29) is 11.9 Å². The van der Waals surface area contributed by atoms with Gasteiger partial charge in [-0.2, -0.15) is 0 Å². The minimum atomic E-state index is -0.154. The minimum absolute atomic E-state index is 0.154. The quantitative estimate of drug-likeness (QED) is 0.671. The van der Waals surface area contributed by atoms with Crippen molar-refractivity contribution < 1.29 is 9.13 Å². The number of aromatic nitrogens is 1. The fourth-order valence-electron chi connectivity index (χ4n) is 4.16. The first-order valence-electron chi connectivity index (χ1n) is 9.27. The summed E-state index contributed by atoms with van der Waals surface area (Å²) in [4.78, 5) is 2.37. The van der Waals surface area contributed by atoms with Gasteiger partial charge in [0.25, 0.3) is 0 Å². The monoisotopic (exact) mass is 352 g/mol. The zero-order chi connectivity index (χ0) is 18.3. The van der Waals surface area contributed by atoms with Gasteiger partial charge in [-0.25, -0.2) is 4.39 Å². The molecule has 3 nitrogen and oxygen atoms in total. The van der Waals surface area contributed by atoms with Crippen LogP contribution < -0.4 is 4.74 Å². The number of nitrogens with zero attached hydrogens (tertiary/aromatic N) is 2. The van der Waals surface area contributed by atoms with Crippen molar-refractivity contribution in [2.75, 3.05) is 13.7 Å². The molecule has 3 aromatic rings. The molecule has 0 N–H and O–H groups in total. The number of hydrogen-bond acceptors (Lipinski definition) is 2. The molecule has 0 saturated heterocycles. The maximum absolute atomic E-state index is 14.7. The topological polar surface area (TPSA) is 17.4 Å². The molecule has 2 atom stereocenters. The molecular weight excluding hydrogens is 327 g/mol. The summed E-state index contributed by atoms with van der Waals surface area (Å²) in [5.74, 6) is 0.693. The molecule has 0 spiro atoms. The van der Waals surface area contributed by atoms with Crippen molar-refractivity contribution in [1.29, 1.82) is 0 Å². The summed E-state index contributed by atoms with van der Waals surface area (Å²) in [5.41, 5.74) is 3.23. The molecule has 4 heteroatoms. The fraction of sp³-hybridized carbons (Fsp3) is 0.364. The van der Waals surface area contributed by atoms with Gasteiger partial charge in [-0.05, 0) is 44.7 Å². The summed E-state index contributed by atoms with van der Waals surface area (Å²) in [6, 6.07) is 15.9. The molecule has 0 fully saturated rings. The molecule has 26 heavy (non-hydrogen) atoms. The lowest BCUT2D eigenvalue weighted by Gasteiger charge is -2.36. The SMILES string of the molecule is CC1Cc2c(c3cccc(F)c3n2CCOc2ccccc2)C(C)N1C. The highest BCUT2D eigenvalue weighted by Crippen LogP contribution is 2.39. The zero-order valence-electron chi connectivity index (χ0n) is 15.6. The third-order valence-corrected chi connectivity index (χ3v) is 5.72. The Morgan fingerprint density at radius 1 is 1.08 bits per heavy atom. The second-order valence-corrected chi connectivity index (χ2v) is 7.20. The summed E-state index contributed by atoms with van der Waals surface area (Å²) in [7, 11) is 2.15. The second kappa shape index (κ2) is 6.76. The molecule has 1 aliphatic heterocycles. The van der Waals surface area contributed by atoms with E-state index in [1.807, 2.05) is 42.5 Å². The van der Waals surface area contributed by atoms with E-state index in [2.05, 4.69) is 30.4 Å². The number of likely N-dealkylation sites (N-methyl/N-ethyl adjacent to an activating group) is 1. The predicted molar refractivity (Wildman–Crippen MR) is 103 cm³/mol. The van der Waals surface area contributed by atoms with E-state index in [4.69, 9.17) is 4.74 Å². The zero-order valence-corrected chi connectivity index (χ0v) is 15.6. The summed E-state index contributed by atoms with van der Waals surface area (Å²) in [6.07, 6.45) is 0.926.